The highest BCUT2D eigenvalue weighted by molar-refractivity contribution is 5.59. The van der Waals surface area contributed by atoms with Gasteiger partial charge in [0.25, 0.3) is 0 Å². The topological polar surface area (TPSA) is 106 Å². The van der Waals surface area contributed by atoms with Gasteiger partial charge in [0.05, 0.1) is 55.0 Å². The molecule has 3 atom stereocenters. The third kappa shape index (κ3) is 6.08. The summed E-state index contributed by atoms with van der Waals surface area (Å²) in [4.78, 5) is 13.6. The number of ether oxygens (including phenoxy) is 3. The number of aliphatic hydroxyl groups is 1. The van der Waals surface area contributed by atoms with Crippen LogP contribution < -0.4 is 15.4 Å². The van der Waals surface area contributed by atoms with Gasteiger partial charge in [-0.1, -0.05) is 18.1 Å². The fraction of sp³-hybridized carbons (Fsp3) is 0.562. The van der Waals surface area contributed by atoms with Crippen LogP contribution in [0.2, 0.25) is 0 Å². The maximum Gasteiger partial charge on any atom is 0.418 e. The zero-order valence-corrected chi connectivity index (χ0v) is 25.4. The number of nitrogen functional groups attached to an aromatic ring is 1. The average Bonchev–Trinajstić information content (AvgIpc) is 3.42. The zero-order chi connectivity index (χ0) is 32.1. The summed E-state index contributed by atoms with van der Waals surface area (Å²) in [7, 11) is 0. The van der Waals surface area contributed by atoms with E-state index in [0.717, 1.165) is 44.0 Å². The Bertz CT molecular complexity index is 1570. The smallest absolute Gasteiger partial charge is 0.418 e. The summed E-state index contributed by atoms with van der Waals surface area (Å²) in [6.07, 6.45) is -3.71. The molecule has 13 heteroatoms. The number of halogens is 4. The number of fused-ring (bicyclic) bond motifs is 2. The summed E-state index contributed by atoms with van der Waals surface area (Å²) in [6.45, 7) is 10.1. The van der Waals surface area contributed by atoms with Crippen molar-refractivity contribution < 1.29 is 36.9 Å². The first-order valence-corrected chi connectivity index (χ1v) is 15.0. The lowest BCUT2D eigenvalue weighted by atomic mass is 9.90. The summed E-state index contributed by atoms with van der Waals surface area (Å²) in [6, 6.07) is 0.951. The van der Waals surface area contributed by atoms with Gasteiger partial charge in [0.2, 0.25) is 0 Å². The minimum atomic E-state index is -4.92. The zero-order valence-electron chi connectivity index (χ0n) is 25.4. The molecule has 4 aliphatic rings. The van der Waals surface area contributed by atoms with Crippen molar-refractivity contribution in [3.05, 3.63) is 52.0 Å². The van der Waals surface area contributed by atoms with Crippen molar-refractivity contribution in [1.82, 2.24) is 14.9 Å². The predicted molar refractivity (Wildman–Crippen MR) is 158 cm³/mol. The Hall–Kier alpha value is -3.44. The van der Waals surface area contributed by atoms with Crippen LogP contribution in [0.4, 0.5) is 29.1 Å². The molecule has 9 nitrogen and oxygen atoms in total. The van der Waals surface area contributed by atoms with Crippen LogP contribution in [0.1, 0.15) is 67.2 Å². The van der Waals surface area contributed by atoms with Crippen LogP contribution in [0.3, 0.4) is 0 Å². The molecule has 1 aromatic carbocycles. The van der Waals surface area contributed by atoms with Gasteiger partial charge in [0.1, 0.15) is 18.0 Å². The second-order valence-electron chi connectivity index (χ2n) is 12.7. The van der Waals surface area contributed by atoms with E-state index in [1.54, 1.807) is 6.92 Å². The van der Waals surface area contributed by atoms with Gasteiger partial charge in [-0.05, 0) is 45.7 Å². The molecule has 0 amide bonds. The number of nitrogens with zero attached hydrogens (tertiary/aromatic N) is 4. The van der Waals surface area contributed by atoms with Crippen LogP contribution in [-0.4, -0.2) is 77.1 Å². The molecule has 0 bridgehead atoms. The molecule has 1 aromatic heterocycles. The third-order valence-electron chi connectivity index (χ3n) is 9.01. The number of rotatable bonds is 5. The van der Waals surface area contributed by atoms with E-state index in [0.29, 0.717) is 36.8 Å². The van der Waals surface area contributed by atoms with Crippen molar-refractivity contribution in [2.75, 3.05) is 56.6 Å². The molecule has 45 heavy (non-hydrogen) atoms. The van der Waals surface area contributed by atoms with E-state index in [1.165, 1.54) is 6.92 Å². The van der Waals surface area contributed by atoms with Crippen LogP contribution in [-0.2, 0) is 28.7 Å². The predicted octanol–water partition coefficient (Wildman–Crippen LogP) is 4.16. The molecule has 5 heterocycles. The molecular formula is C32H37F4N5O4. The number of β-amino-alcohol motifs (C(OH)–C–C–N with tert-alkyl or cyclic N) is 1. The van der Waals surface area contributed by atoms with E-state index >= 15 is 4.39 Å². The largest absolute Gasteiger partial charge is 0.461 e. The Morgan fingerprint density at radius 2 is 2.09 bits per heavy atom. The molecule has 3 fully saturated rings. The Kier molecular flexibility index (Phi) is 8.22. The maximum atomic E-state index is 15.5. The standard InChI is InChI=1S/C32H37F4N5O4/c1-4-6-20-11-22(37)27(33)25(26(20)32(34,35)36)24-12-23-21(15-44-24)28(40-9-10-43-17-30(3,42)16-40)39-29(38-23)45-18-31-7-5-8-41(31)14-19(2)13-31/h11,24,42H,2,5,7-10,12-18,37H2,1,3H3/t24-,30+,31+/m0/s1. The van der Waals surface area contributed by atoms with E-state index in [9.17, 15) is 18.3 Å². The second kappa shape index (κ2) is 11.7. The number of hydrogen-bond donors (Lipinski definition) is 2. The Morgan fingerprint density at radius 1 is 1.29 bits per heavy atom. The number of aromatic nitrogens is 2. The molecule has 3 N–H and O–H groups in total. The van der Waals surface area contributed by atoms with Crippen LogP contribution in [0, 0.1) is 17.7 Å². The second-order valence-corrected chi connectivity index (χ2v) is 12.7. The van der Waals surface area contributed by atoms with Gasteiger partial charge >= 0.3 is 12.2 Å². The lowest BCUT2D eigenvalue weighted by Gasteiger charge is -2.34. The molecule has 3 saturated heterocycles. The van der Waals surface area contributed by atoms with Crippen molar-refractivity contribution in [2.24, 2.45) is 0 Å². The average molecular weight is 632 g/mol. The third-order valence-corrected chi connectivity index (χ3v) is 9.01. The fourth-order valence-corrected chi connectivity index (χ4v) is 7.11. The summed E-state index contributed by atoms with van der Waals surface area (Å²) < 4.78 is 76.7. The van der Waals surface area contributed by atoms with Crippen LogP contribution in [0.25, 0.3) is 0 Å². The van der Waals surface area contributed by atoms with E-state index < -0.39 is 46.1 Å². The molecule has 6 rings (SSSR count). The SMILES string of the molecule is C=C1CN2CCC[C@]2(COc2nc3c(c(N4CCOC[C@](C)(O)C4)n2)CO[C@H](c2c(F)c(N)cc(C#CC)c2C(F)(F)F)C3)C1. The van der Waals surface area contributed by atoms with Crippen molar-refractivity contribution in [2.45, 2.75) is 69.6 Å². The summed E-state index contributed by atoms with van der Waals surface area (Å²) in [5.41, 5.74) is 3.65. The van der Waals surface area contributed by atoms with Crippen LogP contribution in [0.5, 0.6) is 6.01 Å². The highest BCUT2D eigenvalue weighted by Crippen LogP contribution is 2.45. The van der Waals surface area contributed by atoms with Gasteiger partial charge in [-0.25, -0.2) is 4.39 Å². The monoisotopic (exact) mass is 631 g/mol. The van der Waals surface area contributed by atoms with Crippen molar-refractivity contribution in [3.8, 4) is 17.9 Å². The van der Waals surface area contributed by atoms with E-state index in [-0.39, 0.29) is 37.7 Å². The fourth-order valence-electron chi connectivity index (χ4n) is 7.11. The van der Waals surface area contributed by atoms with Crippen molar-refractivity contribution in [1.29, 1.82) is 0 Å². The first-order valence-electron chi connectivity index (χ1n) is 15.0. The van der Waals surface area contributed by atoms with Crippen LogP contribution >= 0.6 is 0 Å². The molecule has 0 radical (unpaired) electrons. The first kappa shape index (κ1) is 31.5. The Labute approximate surface area is 259 Å². The number of hydrogen-bond acceptors (Lipinski definition) is 9. The number of alkyl halides is 3. The number of nitrogens with two attached hydrogens (primary N) is 1. The summed E-state index contributed by atoms with van der Waals surface area (Å²) in [5, 5.41) is 10.9. The van der Waals surface area contributed by atoms with Crippen molar-refractivity contribution >= 4 is 11.5 Å². The number of anilines is 2. The summed E-state index contributed by atoms with van der Waals surface area (Å²) in [5.74, 6) is 4.10. The van der Waals surface area contributed by atoms with Gasteiger partial charge in [0, 0.05) is 36.2 Å². The normalized spacial score (nSPS) is 27.0. The minimum absolute atomic E-state index is 0.0505. The lowest BCUT2D eigenvalue weighted by Crippen LogP contribution is -2.44. The van der Waals surface area contributed by atoms with Gasteiger partial charge in [-0.3, -0.25) is 4.90 Å². The highest BCUT2D eigenvalue weighted by Gasteiger charge is 2.47. The molecular weight excluding hydrogens is 594 g/mol. The molecule has 4 aliphatic heterocycles. The number of benzene rings is 1. The lowest BCUT2D eigenvalue weighted by molar-refractivity contribution is -0.140. The van der Waals surface area contributed by atoms with Crippen molar-refractivity contribution in [3.63, 3.8) is 0 Å². The summed E-state index contributed by atoms with van der Waals surface area (Å²) >= 11 is 0. The minimum Gasteiger partial charge on any atom is -0.461 e. The van der Waals surface area contributed by atoms with Gasteiger partial charge in [-0.15, -0.1) is 5.92 Å². The Morgan fingerprint density at radius 3 is 2.84 bits per heavy atom. The van der Waals surface area contributed by atoms with Gasteiger partial charge in [0.15, 0.2) is 5.82 Å². The van der Waals surface area contributed by atoms with Gasteiger partial charge in [-0.2, -0.15) is 23.1 Å². The molecule has 0 saturated carbocycles. The van der Waals surface area contributed by atoms with Crippen LogP contribution in [0.15, 0.2) is 18.2 Å². The molecule has 2 aromatic rings. The molecule has 0 spiro atoms. The molecule has 0 unspecified atom stereocenters. The van der Waals surface area contributed by atoms with E-state index in [1.807, 2.05) is 4.90 Å². The molecule has 242 valence electrons. The van der Waals surface area contributed by atoms with Gasteiger partial charge < -0.3 is 30.0 Å². The van der Waals surface area contributed by atoms with E-state index in [4.69, 9.17) is 24.9 Å². The maximum absolute atomic E-state index is 15.5. The highest BCUT2D eigenvalue weighted by atomic mass is 19.4. The molecule has 0 aliphatic carbocycles. The van der Waals surface area contributed by atoms with E-state index in [2.05, 4.69) is 28.3 Å². The first-order chi connectivity index (χ1) is 21.3. The Balaban J connectivity index is 1.41. The quantitative estimate of drug-likeness (QED) is 0.218.